The van der Waals surface area contributed by atoms with Gasteiger partial charge >= 0.3 is 24.3 Å². The number of piperidine rings is 1. The van der Waals surface area contributed by atoms with Gasteiger partial charge in [-0.3, -0.25) is 4.90 Å². The molecule has 2 N–H and O–H groups in total. The Balaban J connectivity index is 0.000000251. The Labute approximate surface area is 220 Å². The number of hydrogen-bond acceptors (Lipinski definition) is 7. The van der Waals surface area contributed by atoms with E-state index in [0.29, 0.717) is 18.8 Å². The zero-order valence-electron chi connectivity index (χ0n) is 20.8. The second-order valence-electron chi connectivity index (χ2n) is 9.62. The maximum Gasteiger partial charge on any atom is 0.490 e. The minimum atomic E-state index is -5.08. The van der Waals surface area contributed by atoms with Crippen molar-refractivity contribution >= 4 is 11.9 Å². The van der Waals surface area contributed by atoms with Crippen LogP contribution < -0.4 is 9.47 Å². The van der Waals surface area contributed by atoms with E-state index in [1.54, 1.807) is 0 Å². The molecule has 0 radical (unpaired) electrons. The number of hydrogen-bond donors (Lipinski definition) is 2. The lowest BCUT2D eigenvalue weighted by Gasteiger charge is -2.36. The zero-order valence-corrected chi connectivity index (χ0v) is 20.8. The van der Waals surface area contributed by atoms with Gasteiger partial charge in [0.2, 0.25) is 6.79 Å². The first-order chi connectivity index (χ1) is 18.2. The molecule has 0 spiro atoms. The van der Waals surface area contributed by atoms with Crippen molar-refractivity contribution in [2.75, 3.05) is 46.1 Å². The molecule has 1 aromatic rings. The lowest BCUT2D eigenvalue weighted by molar-refractivity contribution is -0.193. The summed E-state index contributed by atoms with van der Waals surface area (Å²) < 4.78 is 80.6. The Kier molecular flexibility index (Phi) is 10.3. The van der Waals surface area contributed by atoms with E-state index >= 15 is 0 Å². The quantitative estimate of drug-likeness (QED) is 0.523. The van der Waals surface area contributed by atoms with E-state index in [2.05, 4.69) is 21.9 Å². The van der Waals surface area contributed by atoms with Gasteiger partial charge in [-0.25, -0.2) is 9.59 Å². The lowest BCUT2D eigenvalue weighted by Crippen LogP contribution is -2.44. The first kappa shape index (κ1) is 30.8. The van der Waals surface area contributed by atoms with Crippen molar-refractivity contribution in [2.24, 2.45) is 11.8 Å². The molecule has 0 bridgehead atoms. The average Bonchev–Trinajstić information content (AvgIpc) is 3.60. The summed E-state index contributed by atoms with van der Waals surface area (Å²) in [4.78, 5) is 23.0. The Morgan fingerprint density at radius 2 is 1.49 bits per heavy atom. The van der Waals surface area contributed by atoms with E-state index < -0.39 is 24.3 Å². The molecule has 4 aliphatic rings. The van der Waals surface area contributed by atoms with E-state index in [-0.39, 0.29) is 0 Å². The van der Waals surface area contributed by atoms with Gasteiger partial charge in [-0.1, -0.05) is 6.07 Å². The monoisotopic (exact) mass is 572 g/mol. The molecular weight excluding hydrogens is 542 g/mol. The number of rotatable bonds is 4. The average molecular weight is 572 g/mol. The summed E-state index contributed by atoms with van der Waals surface area (Å²) >= 11 is 0. The summed E-state index contributed by atoms with van der Waals surface area (Å²) in [5, 5.41) is 14.2. The van der Waals surface area contributed by atoms with Gasteiger partial charge in [-0.15, -0.1) is 0 Å². The molecule has 3 saturated heterocycles. The number of nitrogens with zero attached hydrogens (tertiary/aromatic N) is 2. The van der Waals surface area contributed by atoms with Crippen LogP contribution in [-0.4, -0.2) is 96.5 Å². The van der Waals surface area contributed by atoms with Gasteiger partial charge in [0.25, 0.3) is 0 Å². The van der Waals surface area contributed by atoms with Crippen molar-refractivity contribution in [3.63, 3.8) is 0 Å². The number of ether oxygens (including phenoxy) is 3. The van der Waals surface area contributed by atoms with E-state index in [1.807, 2.05) is 6.07 Å². The highest BCUT2D eigenvalue weighted by Gasteiger charge is 2.42. The fourth-order valence-electron chi connectivity index (χ4n) is 4.95. The van der Waals surface area contributed by atoms with Crippen LogP contribution in [0.5, 0.6) is 11.5 Å². The predicted molar refractivity (Wildman–Crippen MR) is 122 cm³/mol. The van der Waals surface area contributed by atoms with Crippen LogP contribution in [0.3, 0.4) is 0 Å². The second-order valence-corrected chi connectivity index (χ2v) is 9.62. The minimum Gasteiger partial charge on any atom is -0.475 e. The Morgan fingerprint density at radius 3 is 2.08 bits per heavy atom. The Hall–Kier alpha value is -2.78. The van der Waals surface area contributed by atoms with Crippen molar-refractivity contribution in [2.45, 2.75) is 44.3 Å². The molecule has 0 saturated carbocycles. The molecule has 4 aliphatic heterocycles. The Bertz CT molecular complexity index is 961. The fourth-order valence-corrected chi connectivity index (χ4v) is 4.95. The topological polar surface area (TPSA) is 109 Å². The third kappa shape index (κ3) is 9.14. The number of carbonyl (C=O) groups is 2. The van der Waals surface area contributed by atoms with E-state index in [4.69, 9.17) is 34.0 Å². The highest BCUT2D eigenvalue weighted by molar-refractivity contribution is 5.73. The van der Waals surface area contributed by atoms with Gasteiger partial charge in [0, 0.05) is 25.6 Å². The lowest BCUT2D eigenvalue weighted by atomic mass is 9.84. The van der Waals surface area contributed by atoms with E-state index in [0.717, 1.165) is 43.7 Å². The number of alkyl halides is 6. The van der Waals surface area contributed by atoms with Crippen LogP contribution in [0.1, 0.15) is 24.8 Å². The van der Waals surface area contributed by atoms with Gasteiger partial charge in [-0.05, 0) is 62.5 Å². The van der Waals surface area contributed by atoms with Crippen LogP contribution in [0, 0.1) is 11.8 Å². The highest BCUT2D eigenvalue weighted by Crippen LogP contribution is 2.37. The first-order valence-corrected chi connectivity index (χ1v) is 12.3. The van der Waals surface area contributed by atoms with Gasteiger partial charge in [0.05, 0.1) is 12.7 Å². The summed E-state index contributed by atoms with van der Waals surface area (Å²) in [7, 11) is 0. The van der Waals surface area contributed by atoms with Gasteiger partial charge in [-0.2, -0.15) is 26.3 Å². The normalized spacial score (nSPS) is 24.7. The number of carboxylic acid groups (broad SMARTS) is 2. The minimum absolute atomic E-state index is 0.349. The standard InChI is InChI=1S/C20H28N2O3.2C2HF3O2/c1-2-7-21(6-1)12-20-17-11-22(8-5-16(17)13-23-20)10-15-3-4-18-19(9-15)25-14-24-18;2*3-2(4,5)1(6)7/h3-4,9,16-17,20H,1-2,5-8,10-14H2;2*(H,6,7)/t16-,17-,20+;;/m0../s1. The summed E-state index contributed by atoms with van der Waals surface area (Å²) in [6, 6.07) is 6.35. The molecule has 4 heterocycles. The molecule has 3 fully saturated rings. The summed E-state index contributed by atoms with van der Waals surface area (Å²) in [5.41, 5.74) is 1.32. The molecule has 0 aromatic heterocycles. The maximum atomic E-state index is 10.6. The van der Waals surface area contributed by atoms with E-state index in [9.17, 15) is 26.3 Å². The number of fused-ring (bicyclic) bond motifs is 2. The number of benzene rings is 1. The molecule has 1 aromatic carbocycles. The summed E-state index contributed by atoms with van der Waals surface area (Å²) in [6.07, 6.45) is -5.75. The third-order valence-corrected chi connectivity index (χ3v) is 6.86. The molecule has 15 heteroatoms. The van der Waals surface area contributed by atoms with Crippen LogP contribution in [0.2, 0.25) is 0 Å². The first-order valence-electron chi connectivity index (χ1n) is 12.3. The van der Waals surface area contributed by atoms with Crippen molar-refractivity contribution in [3.05, 3.63) is 23.8 Å². The largest absolute Gasteiger partial charge is 0.490 e. The predicted octanol–water partition coefficient (Wildman–Crippen LogP) is 3.61. The second kappa shape index (κ2) is 13.0. The molecule has 3 atom stereocenters. The van der Waals surface area contributed by atoms with Crippen molar-refractivity contribution in [3.8, 4) is 11.5 Å². The van der Waals surface area contributed by atoms with Crippen LogP contribution >= 0.6 is 0 Å². The SMILES string of the molecule is O=C(O)C(F)(F)F.O=C(O)C(F)(F)F.c1cc2c(cc1CN1CC[C@H]3CO[C@H](CN4CCCC4)[C@H]3C1)OCO2. The van der Waals surface area contributed by atoms with Crippen molar-refractivity contribution in [1.29, 1.82) is 0 Å². The highest BCUT2D eigenvalue weighted by atomic mass is 19.4. The smallest absolute Gasteiger partial charge is 0.475 e. The molecule has 39 heavy (non-hydrogen) atoms. The third-order valence-electron chi connectivity index (χ3n) is 6.86. The van der Waals surface area contributed by atoms with Crippen molar-refractivity contribution in [1.82, 2.24) is 9.80 Å². The number of halogens is 6. The van der Waals surface area contributed by atoms with Gasteiger partial charge < -0.3 is 29.3 Å². The van der Waals surface area contributed by atoms with Crippen LogP contribution in [-0.2, 0) is 20.9 Å². The summed E-state index contributed by atoms with van der Waals surface area (Å²) in [5.74, 6) is -2.29. The molecule has 0 unspecified atom stereocenters. The number of aliphatic carboxylic acids is 2. The van der Waals surface area contributed by atoms with Crippen LogP contribution in [0.15, 0.2) is 18.2 Å². The summed E-state index contributed by atoms with van der Waals surface area (Å²) in [6.45, 7) is 8.32. The maximum absolute atomic E-state index is 10.6. The van der Waals surface area contributed by atoms with Crippen LogP contribution in [0.4, 0.5) is 26.3 Å². The Morgan fingerprint density at radius 1 is 0.897 bits per heavy atom. The van der Waals surface area contributed by atoms with Crippen LogP contribution in [0.25, 0.3) is 0 Å². The molecule has 5 rings (SSSR count). The number of likely N-dealkylation sites (tertiary alicyclic amines) is 2. The number of carboxylic acids is 2. The fraction of sp³-hybridized carbons (Fsp3) is 0.667. The van der Waals surface area contributed by atoms with E-state index in [1.165, 1.54) is 44.5 Å². The molecule has 220 valence electrons. The van der Waals surface area contributed by atoms with Gasteiger partial charge in [0.1, 0.15) is 0 Å². The molecule has 9 nitrogen and oxygen atoms in total. The molecule has 0 amide bonds. The zero-order chi connectivity index (χ0) is 28.8. The molecule has 0 aliphatic carbocycles. The van der Waals surface area contributed by atoms with Crippen molar-refractivity contribution < 1.29 is 60.4 Å². The molecular formula is C24H30F6N2O7. The van der Waals surface area contributed by atoms with Gasteiger partial charge in [0.15, 0.2) is 11.5 Å².